The van der Waals surface area contributed by atoms with Crippen LogP contribution in [0.5, 0.6) is 0 Å². The van der Waals surface area contributed by atoms with Gasteiger partial charge in [0.2, 0.25) is 11.8 Å². The topological polar surface area (TPSA) is 96.7 Å². The minimum atomic E-state index is -0.276. The highest BCUT2D eigenvalue weighted by Gasteiger charge is 2.61. The number of amides is 2. The highest BCUT2D eigenvalue weighted by atomic mass is 16.5. The molecule has 0 radical (unpaired) electrons. The van der Waals surface area contributed by atoms with Crippen LogP contribution < -0.4 is 16.4 Å². The zero-order valence-corrected chi connectivity index (χ0v) is 18.5. The first kappa shape index (κ1) is 22.0. The molecule has 1 saturated carbocycles. The number of nitrogens with one attached hydrogen (secondary N) is 2. The summed E-state index contributed by atoms with van der Waals surface area (Å²) < 4.78 is 6.39. The van der Waals surface area contributed by atoms with E-state index < -0.39 is 0 Å². The Morgan fingerprint density at radius 2 is 1.80 bits per heavy atom. The first-order chi connectivity index (χ1) is 14.5. The lowest BCUT2D eigenvalue weighted by Gasteiger charge is -2.54. The molecule has 3 saturated heterocycles. The predicted molar refractivity (Wildman–Crippen MR) is 116 cm³/mol. The van der Waals surface area contributed by atoms with Crippen molar-refractivity contribution in [3.8, 4) is 0 Å². The lowest BCUT2D eigenvalue weighted by atomic mass is 9.61. The number of carbonyl (C=O) groups excluding carboxylic acids is 2. The van der Waals surface area contributed by atoms with Crippen LogP contribution in [0, 0.1) is 23.2 Å². The maximum atomic E-state index is 13.7. The fourth-order valence-corrected chi connectivity index (χ4v) is 6.32. The molecule has 0 aromatic rings. The van der Waals surface area contributed by atoms with Crippen molar-refractivity contribution >= 4 is 11.8 Å². The zero-order valence-electron chi connectivity index (χ0n) is 18.5. The van der Waals surface area contributed by atoms with E-state index in [0.29, 0.717) is 12.5 Å². The minimum absolute atomic E-state index is 0.0687. The van der Waals surface area contributed by atoms with E-state index in [1.807, 2.05) is 4.90 Å². The van der Waals surface area contributed by atoms with Crippen LogP contribution in [-0.2, 0) is 14.3 Å². The van der Waals surface area contributed by atoms with E-state index in [1.165, 1.54) is 38.5 Å². The van der Waals surface area contributed by atoms with Gasteiger partial charge in [-0.05, 0) is 44.9 Å². The molecule has 0 aromatic carbocycles. The average Bonchev–Trinajstić information content (AvgIpc) is 3.24. The number of ether oxygens (including phenoxy) is 1. The molecule has 30 heavy (non-hydrogen) atoms. The Morgan fingerprint density at radius 1 is 1.10 bits per heavy atom. The van der Waals surface area contributed by atoms with Crippen LogP contribution >= 0.6 is 0 Å². The van der Waals surface area contributed by atoms with Crippen molar-refractivity contribution in [2.75, 3.05) is 39.3 Å². The number of piperidine rings is 1. The average molecular weight is 421 g/mol. The summed E-state index contributed by atoms with van der Waals surface area (Å²) in [6.07, 6.45) is 9.54. The molecule has 4 N–H and O–H groups in total. The number of carbonyl (C=O) groups is 2. The first-order valence-corrected chi connectivity index (χ1v) is 12.2. The SMILES string of the molecule is C[C@@H](OCC1CCCCC1)[C@H](C(=O)N1CCCCC1)C1NCC12CNCC2C(N)=O. The van der Waals surface area contributed by atoms with Gasteiger partial charge in [0.25, 0.3) is 0 Å². The number of nitrogens with zero attached hydrogens (tertiary/aromatic N) is 1. The second-order valence-electron chi connectivity index (χ2n) is 10.1. The molecule has 3 unspecified atom stereocenters. The van der Waals surface area contributed by atoms with Crippen LogP contribution in [0.1, 0.15) is 58.3 Å². The summed E-state index contributed by atoms with van der Waals surface area (Å²) in [6.45, 7) is 6.54. The number of rotatable bonds is 7. The monoisotopic (exact) mass is 420 g/mol. The van der Waals surface area contributed by atoms with Crippen molar-refractivity contribution in [3.63, 3.8) is 0 Å². The van der Waals surface area contributed by atoms with Crippen LogP contribution in [0.2, 0.25) is 0 Å². The van der Waals surface area contributed by atoms with E-state index in [4.69, 9.17) is 10.5 Å². The van der Waals surface area contributed by atoms with Crippen LogP contribution in [0.4, 0.5) is 0 Å². The van der Waals surface area contributed by atoms with E-state index >= 15 is 0 Å². The molecular formula is C23H40N4O3. The van der Waals surface area contributed by atoms with Gasteiger partial charge in [-0.3, -0.25) is 9.59 Å². The summed E-state index contributed by atoms with van der Waals surface area (Å²) in [6, 6.07) is -0.0687. The van der Waals surface area contributed by atoms with Gasteiger partial charge in [0.1, 0.15) is 0 Å². The number of hydrogen-bond acceptors (Lipinski definition) is 5. The Labute approximate surface area is 180 Å². The van der Waals surface area contributed by atoms with E-state index in [2.05, 4.69) is 17.6 Å². The quantitative estimate of drug-likeness (QED) is 0.576. The third kappa shape index (κ3) is 4.26. The smallest absolute Gasteiger partial charge is 0.229 e. The molecule has 7 nitrogen and oxygen atoms in total. The first-order valence-electron chi connectivity index (χ1n) is 12.2. The summed E-state index contributed by atoms with van der Waals surface area (Å²) in [5.74, 6) is 0.0406. The summed E-state index contributed by atoms with van der Waals surface area (Å²) in [4.78, 5) is 27.9. The molecule has 4 rings (SSSR count). The van der Waals surface area contributed by atoms with Crippen molar-refractivity contribution in [2.45, 2.75) is 70.4 Å². The number of nitrogens with two attached hydrogens (primary N) is 1. The highest BCUT2D eigenvalue weighted by molar-refractivity contribution is 5.82. The summed E-state index contributed by atoms with van der Waals surface area (Å²) in [5, 5.41) is 6.89. The van der Waals surface area contributed by atoms with E-state index in [9.17, 15) is 9.59 Å². The molecule has 3 heterocycles. The fourth-order valence-electron chi connectivity index (χ4n) is 6.32. The van der Waals surface area contributed by atoms with Gasteiger partial charge in [0.05, 0.1) is 17.9 Å². The second kappa shape index (κ2) is 9.53. The molecule has 0 aromatic heterocycles. The van der Waals surface area contributed by atoms with Crippen LogP contribution in [0.25, 0.3) is 0 Å². The van der Waals surface area contributed by atoms with Gasteiger partial charge in [-0.2, -0.15) is 0 Å². The number of likely N-dealkylation sites (tertiary alicyclic amines) is 1. The van der Waals surface area contributed by atoms with Gasteiger partial charge in [0.15, 0.2) is 0 Å². The van der Waals surface area contributed by atoms with Crippen molar-refractivity contribution in [3.05, 3.63) is 0 Å². The Kier molecular flexibility index (Phi) is 7.00. The maximum absolute atomic E-state index is 13.7. The van der Waals surface area contributed by atoms with Gasteiger partial charge in [-0.25, -0.2) is 0 Å². The molecule has 5 atom stereocenters. The Balaban J connectivity index is 1.50. The zero-order chi connectivity index (χ0) is 21.1. The third-order valence-electron chi connectivity index (χ3n) is 8.25. The van der Waals surface area contributed by atoms with E-state index in [0.717, 1.165) is 45.6 Å². The molecule has 4 fully saturated rings. The van der Waals surface area contributed by atoms with Crippen molar-refractivity contribution < 1.29 is 14.3 Å². The molecule has 170 valence electrons. The van der Waals surface area contributed by atoms with E-state index in [1.54, 1.807) is 0 Å². The fraction of sp³-hybridized carbons (Fsp3) is 0.913. The molecule has 0 bridgehead atoms. The molecule has 1 aliphatic carbocycles. The molecule has 2 amide bonds. The minimum Gasteiger partial charge on any atom is -0.377 e. The molecule has 4 aliphatic rings. The van der Waals surface area contributed by atoms with Gasteiger partial charge >= 0.3 is 0 Å². The largest absolute Gasteiger partial charge is 0.377 e. The van der Waals surface area contributed by atoms with Crippen LogP contribution in [-0.4, -0.2) is 68.2 Å². The lowest BCUT2D eigenvalue weighted by Crippen LogP contribution is -2.73. The third-order valence-corrected chi connectivity index (χ3v) is 8.25. The second-order valence-corrected chi connectivity index (χ2v) is 10.1. The van der Waals surface area contributed by atoms with Crippen molar-refractivity contribution in [1.82, 2.24) is 15.5 Å². The number of primary amides is 1. The van der Waals surface area contributed by atoms with Gasteiger partial charge < -0.3 is 26.0 Å². The Hall–Kier alpha value is -1.18. The molecule has 3 aliphatic heterocycles. The Morgan fingerprint density at radius 3 is 2.43 bits per heavy atom. The normalized spacial score (nSPS) is 34.5. The standard InChI is InChI=1S/C23H40N4O3/c1-16(30-13-17-8-4-2-5-9-17)19(22(29)27-10-6-3-7-11-27)20-23(15-26-20)14-25-12-18(23)21(24)28/h16-20,25-26H,2-15H2,1H3,(H2,24,28)/t16-,18?,19+,20?,23?/m1/s1. The van der Waals surface area contributed by atoms with Crippen LogP contribution in [0.15, 0.2) is 0 Å². The molecule has 7 heteroatoms. The van der Waals surface area contributed by atoms with E-state index in [-0.39, 0.29) is 41.2 Å². The van der Waals surface area contributed by atoms with Gasteiger partial charge in [0, 0.05) is 50.8 Å². The maximum Gasteiger partial charge on any atom is 0.229 e. The van der Waals surface area contributed by atoms with Gasteiger partial charge in [-0.1, -0.05) is 19.3 Å². The molecular weight excluding hydrogens is 380 g/mol. The Bertz CT molecular complexity index is 618. The number of hydrogen-bond donors (Lipinski definition) is 3. The van der Waals surface area contributed by atoms with Crippen LogP contribution in [0.3, 0.4) is 0 Å². The predicted octanol–water partition coefficient (Wildman–Crippen LogP) is 1.26. The summed E-state index contributed by atoms with van der Waals surface area (Å²) in [5.41, 5.74) is 5.49. The van der Waals surface area contributed by atoms with Gasteiger partial charge in [-0.15, -0.1) is 0 Å². The highest BCUT2D eigenvalue weighted by Crippen LogP contribution is 2.45. The van der Waals surface area contributed by atoms with Crippen molar-refractivity contribution in [1.29, 1.82) is 0 Å². The van der Waals surface area contributed by atoms with Crippen molar-refractivity contribution in [2.24, 2.45) is 28.9 Å². The lowest BCUT2D eigenvalue weighted by molar-refractivity contribution is -0.153. The molecule has 1 spiro atoms. The summed E-state index contributed by atoms with van der Waals surface area (Å²) in [7, 11) is 0. The summed E-state index contributed by atoms with van der Waals surface area (Å²) >= 11 is 0.